The second-order valence-corrected chi connectivity index (χ2v) is 5.97. The molecule has 1 aromatic heterocycles. The van der Waals surface area contributed by atoms with Gasteiger partial charge in [0.1, 0.15) is 0 Å². The minimum absolute atomic E-state index is 0.0664. The number of amides is 1. The van der Waals surface area contributed by atoms with Gasteiger partial charge in [0.25, 0.3) is 0 Å². The van der Waals surface area contributed by atoms with Crippen molar-refractivity contribution in [3.8, 4) is 0 Å². The molecule has 1 amide bonds. The molecule has 0 atom stereocenters. The highest BCUT2D eigenvalue weighted by molar-refractivity contribution is 7.09. The topological polar surface area (TPSA) is 79.3 Å². The summed E-state index contributed by atoms with van der Waals surface area (Å²) in [6.07, 6.45) is 1.55. The van der Waals surface area contributed by atoms with Crippen molar-refractivity contribution in [1.29, 1.82) is 0 Å². The second kappa shape index (κ2) is 7.70. The quantitative estimate of drug-likeness (QED) is 0.822. The van der Waals surface area contributed by atoms with E-state index in [0.29, 0.717) is 24.9 Å². The summed E-state index contributed by atoms with van der Waals surface area (Å²) in [5.41, 5.74) is 2.57. The molecule has 0 aliphatic carbocycles. The molecule has 6 heteroatoms. The number of rotatable bonds is 7. The minimum Gasteiger partial charge on any atom is -0.481 e. The van der Waals surface area contributed by atoms with Crippen molar-refractivity contribution in [2.75, 3.05) is 5.32 Å². The molecule has 0 spiro atoms. The van der Waals surface area contributed by atoms with Crippen LogP contribution in [0.15, 0.2) is 29.6 Å². The number of hydrogen-bond acceptors (Lipinski definition) is 4. The smallest absolute Gasteiger partial charge is 0.303 e. The second-order valence-electron chi connectivity index (χ2n) is 5.02. The van der Waals surface area contributed by atoms with Gasteiger partial charge in [-0.15, -0.1) is 11.3 Å². The summed E-state index contributed by atoms with van der Waals surface area (Å²) < 4.78 is 0. The van der Waals surface area contributed by atoms with Crippen molar-refractivity contribution in [2.24, 2.45) is 0 Å². The van der Waals surface area contributed by atoms with E-state index in [1.165, 1.54) is 0 Å². The summed E-state index contributed by atoms with van der Waals surface area (Å²) in [4.78, 5) is 26.9. The van der Waals surface area contributed by atoms with Gasteiger partial charge >= 0.3 is 5.97 Å². The van der Waals surface area contributed by atoms with Crippen molar-refractivity contribution >= 4 is 28.9 Å². The standard InChI is InChI=1S/C16H18N2O3S/c1-11-10-22-15(17-11)7-6-14(19)18-13-4-2-3-12(9-13)5-8-16(20)21/h2-4,9-10H,5-8H2,1H3,(H,18,19)(H,20,21). The van der Waals surface area contributed by atoms with Gasteiger partial charge in [-0.25, -0.2) is 4.98 Å². The van der Waals surface area contributed by atoms with Crippen LogP contribution < -0.4 is 5.32 Å². The van der Waals surface area contributed by atoms with Crippen molar-refractivity contribution < 1.29 is 14.7 Å². The maximum atomic E-state index is 11.9. The van der Waals surface area contributed by atoms with Gasteiger partial charge in [-0.1, -0.05) is 12.1 Å². The molecule has 2 rings (SSSR count). The van der Waals surface area contributed by atoms with Crippen LogP contribution in [-0.4, -0.2) is 22.0 Å². The lowest BCUT2D eigenvalue weighted by atomic mass is 10.1. The number of benzene rings is 1. The first-order chi connectivity index (χ1) is 10.5. The molecule has 0 bridgehead atoms. The molecule has 1 aromatic carbocycles. The number of carbonyl (C=O) groups excluding carboxylic acids is 1. The molecule has 0 unspecified atom stereocenters. The first-order valence-electron chi connectivity index (χ1n) is 7.04. The zero-order valence-electron chi connectivity index (χ0n) is 12.3. The molecule has 2 N–H and O–H groups in total. The summed E-state index contributed by atoms with van der Waals surface area (Å²) in [6.45, 7) is 1.93. The fourth-order valence-corrected chi connectivity index (χ4v) is 2.79. The molecule has 1 heterocycles. The highest BCUT2D eigenvalue weighted by atomic mass is 32.1. The maximum absolute atomic E-state index is 11.9. The third-order valence-electron chi connectivity index (χ3n) is 3.07. The molecule has 0 aliphatic rings. The van der Waals surface area contributed by atoms with Crippen LogP contribution in [0.25, 0.3) is 0 Å². The number of hydrogen-bond donors (Lipinski definition) is 2. The van der Waals surface area contributed by atoms with E-state index in [-0.39, 0.29) is 12.3 Å². The molecule has 0 aliphatic heterocycles. The van der Waals surface area contributed by atoms with Gasteiger partial charge in [0.15, 0.2) is 0 Å². The van der Waals surface area contributed by atoms with Crippen LogP contribution in [-0.2, 0) is 22.4 Å². The molecule has 22 heavy (non-hydrogen) atoms. The Balaban J connectivity index is 1.85. The lowest BCUT2D eigenvalue weighted by Crippen LogP contribution is -2.12. The lowest BCUT2D eigenvalue weighted by molar-refractivity contribution is -0.137. The van der Waals surface area contributed by atoms with Crippen LogP contribution in [0.2, 0.25) is 0 Å². The molecule has 0 saturated carbocycles. The summed E-state index contributed by atoms with van der Waals surface area (Å²) in [5, 5.41) is 14.5. The van der Waals surface area contributed by atoms with Crippen molar-refractivity contribution in [1.82, 2.24) is 4.98 Å². The number of nitrogens with zero attached hydrogens (tertiary/aromatic N) is 1. The summed E-state index contributed by atoms with van der Waals surface area (Å²) in [6, 6.07) is 7.29. The maximum Gasteiger partial charge on any atom is 0.303 e. The van der Waals surface area contributed by atoms with Gasteiger partial charge in [0.2, 0.25) is 5.91 Å². The number of carboxylic acid groups (broad SMARTS) is 1. The molecular formula is C16H18N2O3S. The third kappa shape index (κ3) is 5.29. The van der Waals surface area contributed by atoms with Crippen LogP contribution in [0.3, 0.4) is 0 Å². The lowest BCUT2D eigenvalue weighted by Gasteiger charge is -2.06. The number of nitrogens with one attached hydrogen (secondary N) is 1. The van der Waals surface area contributed by atoms with E-state index in [1.807, 2.05) is 30.5 Å². The van der Waals surface area contributed by atoms with Crippen molar-refractivity contribution in [3.05, 3.63) is 45.9 Å². The Morgan fingerprint density at radius 3 is 2.77 bits per heavy atom. The van der Waals surface area contributed by atoms with Gasteiger partial charge in [-0.3, -0.25) is 9.59 Å². The van der Waals surface area contributed by atoms with Crippen LogP contribution in [0.1, 0.15) is 29.1 Å². The Morgan fingerprint density at radius 2 is 2.09 bits per heavy atom. The number of aryl methyl sites for hydroxylation is 3. The van der Waals surface area contributed by atoms with Crippen molar-refractivity contribution in [3.63, 3.8) is 0 Å². The van der Waals surface area contributed by atoms with Crippen LogP contribution in [0.4, 0.5) is 5.69 Å². The Morgan fingerprint density at radius 1 is 1.27 bits per heavy atom. The normalized spacial score (nSPS) is 10.4. The van der Waals surface area contributed by atoms with E-state index in [0.717, 1.165) is 16.3 Å². The minimum atomic E-state index is -0.826. The zero-order valence-corrected chi connectivity index (χ0v) is 13.2. The highest BCUT2D eigenvalue weighted by Gasteiger charge is 2.06. The fourth-order valence-electron chi connectivity index (χ4n) is 2.02. The average Bonchev–Trinajstić information content (AvgIpc) is 2.89. The first kappa shape index (κ1) is 16.2. The van der Waals surface area contributed by atoms with Gasteiger partial charge in [-0.05, 0) is 31.0 Å². The Labute approximate surface area is 133 Å². The number of carboxylic acids is 1. The first-order valence-corrected chi connectivity index (χ1v) is 7.92. The monoisotopic (exact) mass is 318 g/mol. The number of carbonyl (C=O) groups is 2. The molecule has 0 fully saturated rings. The summed E-state index contributed by atoms with van der Waals surface area (Å²) in [5.74, 6) is -0.892. The highest BCUT2D eigenvalue weighted by Crippen LogP contribution is 2.14. The van der Waals surface area contributed by atoms with Gasteiger partial charge in [0.05, 0.1) is 5.01 Å². The number of anilines is 1. The predicted octanol–water partition coefficient (Wildman–Crippen LogP) is 3.04. The SMILES string of the molecule is Cc1csc(CCC(=O)Nc2cccc(CCC(=O)O)c2)n1. The van der Waals surface area contributed by atoms with Crippen LogP contribution >= 0.6 is 11.3 Å². The summed E-state index contributed by atoms with van der Waals surface area (Å²) >= 11 is 1.56. The van der Waals surface area contributed by atoms with Crippen LogP contribution in [0, 0.1) is 6.92 Å². The van der Waals surface area contributed by atoms with E-state index in [1.54, 1.807) is 17.4 Å². The van der Waals surface area contributed by atoms with Crippen molar-refractivity contribution in [2.45, 2.75) is 32.6 Å². The van der Waals surface area contributed by atoms with Crippen LogP contribution in [0.5, 0.6) is 0 Å². The summed E-state index contributed by atoms with van der Waals surface area (Å²) in [7, 11) is 0. The van der Waals surface area contributed by atoms with E-state index >= 15 is 0 Å². The molecular weight excluding hydrogens is 300 g/mol. The van der Waals surface area contributed by atoms with Gasteiger partial charge in [-0.2, -0.15) is 0 Å². The average molecular weight is 318 g/mol. The Hall–Kier alpha value is -2.21. The van der Waals surface area contributed by atoms with E-state index in [9.17, 15) is 9.59 Å². The Bertz CT molecular complexity index is 667. The molecule has 0 radical (unpaired) electrons. The Kier molecular flexibility index (Phi) is 5.66. The zero-order chi connectivity index (χ0) is 15.9. The third-order valence-corrected chi connectivity index (χ3v) is 4.10. The molecule has 5 nitrogen and oxygen atoms in total. The van der Waals surface area contributed by atoms with E-state index < -0.39 is 5.97 Å². The van der Waals surface area contributed by atoms with Gasteiger partial charge < -0.3 is 10.4 Å². The fraction of sp³-hybridized carbons (Fsp3) is 0.312. The molecule has 116 valence electrons. The number of thiazole rings is 1. The van der Waals surface area contributed by atoms with E-state index in [4.69, 9.17) is 5.11 Å². The van der Waals surface area contributed by atoms with Gasteiger partial charge in [0, 0.05) is 36.0 Å². The largest absolute Gasteiger partial charge is 0.481 e. The number of aliphatic carboxylic acids is 1. The van der Waals surface area contributed by atoms with E-state index in [2.05, 4.69) is 10.3 Å². The number of aromatic nitrogens is 1. The predicted molar refractivity (Wildman–Crippen MR) is 86.2 cm³/mol. The molecule has 0 saturated heterocycles. The molecule has 2 aromatic rings.